The van der Waals surface area contributed by atoms with Gasteiger partial charge in [-0.2, -0.15) is 11.8 Å². The number of amides is 4. The summed E-state index contributed by atoms with van der Waals surface area (Å²) in [6, 6.07) is 7.45. The Hall–Kier alpha value is -2.02. The van der Waals surface area contributed by atoms with Crippen molar-refractivity contribution in [3.8, 4) is 0 Å². The van der Waals surface area contributed by atoms with E-state index in [2.05, 4.69) is 5.32 Å². The predicted molar refractivity (Wildman–Crippen MR) is 96.6 cm³/mol. The van der Waals surface area contributed by atoms with E-state index in [9.17, 15) is 14.4 Å². The lowest BCUT2D eigenvalue weighted by atomic mass is 9.96. The minimum absolute atomic E-state index is 0.0548. The normalized spacial score (nSPS) is 28.4. The molecule has 1 aromatic rings. The average Bonchev–Trinajstić information content (AvgIpc) is 3.16. The molecule has 3 aliphatic rings. The number of anilines is 1. The van der Waals surface area contributed by atoms with E-state index in [1.54, 1.807) is 16.7 Å². The fraction of sp³-hybridized carbons (Fsp3) is 0.500. The third kappa shape index (κ3) is 2.61. The first kappa shape index (κ1) is 16.4. The Morgan fingerprint density at radius 2 is 2.16 bits per heavy atom. The topological polar surface area (TPSA) is 69.7 Å². The fourth-order valence-corrected chi connectivity index (χ4v) is 5.26. The number of rotatable bonds is 2. The van der Waals surface area contributed by atoms with Crippen LogP contribution in [0.1, 0.15) is 25.3 Å². The summed E-state index contributed by atoms with van der Waals surface area (Å²) >= 11 is 1.66. The van der Waals surface area contributed by atoms with Crippen molar-refractivity contribution in [3.63, 3.8) is 0 Å². The Balaban J connectivity index is 1.56. The van der Waals surface area contributed by atoms with E-state index in [1.807, 2.05) is 31.2 Å². The van der Waals surface area contributed by atoms with Crippen molar-refractivity contribution in [2.75, 3.05) is 23.0 Å². The molecule has 0 bridgehead atoms. The number of hydrogen-bond donors (Lipinski definition) is 1. The molecule has 4 amide bonds. The number of fused-ring (bicyclic) bond motifs is 1. The number of nitrogens with one attached hydrogen (secondary N) is 1. The highest BCUT2D eigenvalue weighted by Gasteiger charge is 2.53. The molecule has 1 N–H and O–H groups in total. The smallest absolute Gasteiger partial charge is 0.322 e. The highest BCUT2D eigenvalue weighted by molar-refractivity contribution is 7.99. The molecule has 2 unspecified atom stereocenters. The summed E-state index contributed by atoms with van der Waals surface area (Å²) in [4.78, 5) is 40.9. The molecule has 1 spiro atoms. The van der Waals surface area contributed by atoms with Crippen LogP contribution in [0.4, 0.5) is 10.5 Å². The lowest BCUT2D eigenvalue weighted by molar-refractivity contribution is -0.133. The first-order valence-corrected chi connectivity index (χ1v) is 9.79. The SMILES string of the molecule is CC1CCc2ccccc2N1C(=O)CN1C(=O)NC2(CCSC2)C1=O. The molecule has 25 heavy (non-hydrogen) atoms. The molecule has 2 saturated heterocycles. The zero-order chi connectivity index (χ0) is 17.6. The molecule has 0 radical (unpaired) electrons. The third-order valence-corrected chi connectivity index (χ3v) is 6.54. The van der Waals surface area contributed by atoms with E-state index in [0.29, 0.717) is 12.2 Å². The van der Waals surface area contributed by atoms with Gasteiger partial charge in [-0.05, 0) is 43.6 Å². The van der Waals surface area contributed by atoms with Crippen LogP contribution in [0.5, 0.6) is 0 Å². The van der Waals surface area contributed by atoms with Gasteiger partial charge in [0.25, 0.3) is 5.91 Å². The first-order valence-electron chi connectivity index (χ1n) is 8.64. The van der Waals surface area contributed by atoms with Crippen LogP contribution < -0.4 is 10.2 Å². The summed E-state index contributed by atoms with van der Waals surface area (Å²) in [5, 5.41) is 2.81. The maximum atomic E-state index is 13.0. The van der Waals surface area contributed by atoms with Gasteiger partial charge in [0.05, 0.1) is 0 Å². The van der Waals surface area contributed by atoms with Gasteiger partial charge in [0.2, 0.25) is 5.91 Å². The molecule has 1 aromatic carbocycles. The predicted octanol–water partition coefficient (Wildman–Crippen LogP) is 1.78. The van der Waals surface area contributed by atoms with Crippen molar-refractivity contribution >= 4 is 35.3 Å². The number of nitrogens with zero attached hydrogens (tertiary/aromatic N) is 2. The van der Waals surface area contributed by atoms with Gasteiger partial charge in [0.15, 0.2) is 0 Å². The van der Waals surface area contributed by atoms with Gasteiger partial charge in [0.1, 0.15) is 12.1 Å². The molecule has 2 fully saturated rings. The number of carbonyl (C=O) groups is 3. The van der Waals surface area contributed by atoms with Crippen molar-refractivity contribution in [1.29, 1.82) is 0 Å². The summed E-state index contributed by atoms with van der Waals surface area (Å²) in [5.74, 6) is 0.981. The summed E-state index contributed by atoms with van der Waals surface area (Å²) in [6.45, 7) is 1.81. The second-order valence-electron chi connectivity index (χ2n) is 6.99. The van der Waals surface area contributed by atoms with E-state index in [-0.39, 0.29) is 24.4 Å². The number of benzene rings is 1. The van der Waals surface area contributed by atoms with Crippen LogP contribution in [0.3, 0.4) is 0 Å². The highest BCUT2D eigenvalue weighted by Crippen LogP contribution is 2.34. The van der Waals surface area contributed by atoms with E-state index in [1.165, 1.54) is 0 Å². The molecule has 132 valence electrons. The lowest BCUT2D eigenvalue weighted by Gasteiger charge is -2.36. The van der Waals surface area contributed by atoms with Gasteiger partial charge in [0, 0.05) is 17.5 Å². The summed E-state index contributed by atoms with van der Waals surface area (Å²) in [7, 11) is 0. The fourth-order valence-electron chi connectivity index (χ4n) is 3.93. The van der Waals surface area contributed by atoms with Gasteiger partial charge in [-0.25, -0.2) is 4.79 Å². The van der Waals surface area contributed by atoms with Gasteiger partial charge in [-0.1, -0.05) is 18.2 Å². The number of thioether (sulfide) groups is 1. The Labute approximate surface area is 150 Å². The van der Waals surface area contributed by atoms with Crippen molar-refractivity contribution in [1.82, 2.24) is 10.2 Å². The number of aryl methyl sites for hydroxylation is 1. The second-order valence-corrected chi connectivity index (χ2v) is 8.09. The van der Waals surface area contributed by atoms with Gasteiger partial charge in [-0.15, -0.1) is 0 Å². The number of para-hydroxylation sites is 1. The van der Waals surface area contributed by atoms with Gasteiger partial charge >= 0.3 is 6.03 Å². The van der Waals surface area contributed by atoms with Gasteiger partial charge < -0.3 is 10.2 Å². The largest absolute Gasteiger partial charge is 0.325 e. The van der Waals surface area contributed by atoms with Crippen LogP contribution in [0.2, 0.25) is 0 Å². The maximum absolute atomic E-state index is 13.0. The maximum Gasteiger partial charge on any atom is 0.325 e. The quantitative estimate of drug-likeness (QED) is 0.818. The van der Waals surface area contributed by atoms with Crippen LogP contribution in [0.15, 0.2) is 24.3 Å². The zero-order valence-electron chi connectivity index (χ0n) is 14.2. The Bertz CT molecular complexity index is 745. The van der Waals surface area contributed by atoms with E-state index in [4.69, 9.17) is 0 Å². The molecule has 3 aliphatic heterocycles. The highest BCUT2D eigenvalue weighted by atomic mass is 32.2. The number of imide groups is 1. The third-order valence-electron chi connectivity index (χ3n) is 5.35. The monoisotopic (exact) mass is 359 g/mol. The number of carbonyl (C=O) groups excluding carboxylic acids is 3. The molecule has 7 heteroatoms. The summed E-state index contributed by atoms with van der Waals surface area (Å²) < 4.78 is 0. The number of hydrogen-bond acceptors (Lipinski definition) is 4. The molecular formula is C18H21N3O3S. The molecule has 0 aliphatic carbocycles. The van der Waals surface area contributed by atoms with E-state index >= 15 is 0 Å². The molecular weight excluding hydrogens is 338 g/mol. The zero-order valence-corrected chi connectivity index (χ0v) is 15.0. The van der Waals surface area contributed by atoms with Gasteiger partial charge in [-0.3, -0.25) is 14.5 Å². The van der Waals surface area contributed by atoms with E-state index < -0.39 is 11.6 Å². The van der Waals surface area contributed by atoms with E-state index in [0.717, 1.165) is 34.7 Å². The Morgan fingerprint density at radius 1 is 1.36 bits per heavy atom. The molecule has 6 nitrogen and oxygen atoms in total. The van der Waals surface area contributed by atoms with Crippen LogP contribution >= 0.6 is 11.8 Å². The summed E-state index contributed by atoms with van der Waals surface area (Å²) in [6.07, 6.45) is 2.45. The van der Waals surface area contributed by atoms with Crippen LogP contribution in [-0.4, -0.2) is 52.4 Å². The van der Waals surface area contributed by atoms with Crippen LogP contribution in [0.25, 0.3) is 0 Å². The first-order chi connectivity index (χ1) is 12.0. The number of urea groups is 1. The van der Waals surface area contributed by atoms with Crippen molar-refractivity contribution in [2.45, 2.75) is 37.8 Å². The minimum atomic E-state index is -0.798. The average molecular weight is 359 g/mol. The molecule has 4 rings (SSSR count). The Kier molecular flexibility index (Phi) is 3.98. The molecule has 3 heterocycles. The molecule has 0 saturated carbocycles. The summed E-state index contributed by atoms with van der Waals surface area (Å²) in [5.41, 5.74) is 1.23. The molecule has 2 atom stereocenters. The van der Waals surface area contributed by atoms with Crippen LogP contribution in [0, 0.1) is 0 Å². The van der Waals surface area contributed by atoms with Crippen molar-refractivity contribution in [2.24, 2.45) is 0 Å². The standard InChI is InChI=1S/C18H21N3O3S/c1-12-6-7-13-4-2-3-5-14(13)21(12)15(22)10-20-16(23)18(19-17(20)24)8-9-25-11-18/h2-5,12H,6-11H2,1H3,(H,19,24). The Morgan fingerprint density at radius 3 is 2.92 bits per heavy atom. The van der Waals surface area contributed by atoms with Crippen molar-refractivity contribution in [3.05, 3.63) is 29.8 Å². The van der Waals surface area contributed by atoms with Crippen molar-refractivity contribution < 1.29 is 14.4 Å². The second kappa shape index (κ2) is 6.05. The minimum Gasteiger partial charge on any atom is -0.322 e. The van der Waals surface area contributed by atoms with Crippen LogP contribution in [-0.2, 0) is 16.0 Å². The lowest BCUT2D eigenvalue weighted by Crippen LogP contribution is -2.50. The molecule has 0 aromatic heterocycles.